The van der Waals surface area contributed by atoms with Crippen molar-refractivity contribution in [1.82, 2.24) is 4.98 Å². The van der Waals surface area contributed by atoms with Gasteiger partial charge in [-0.3, -0.25) is 4.79 Å². The molecule has 0 atom stereocenters. The van der Waals surface area contributed by atoms with Gasteiger partial charge in [0, 0.05) is 17.0 Å². The molecule has 1 aromatic carbocycles. The van der Waals surface area contributed by atoms with E-state index in [0.29, 0.717) is 18.0 Å². The van der Waals surface area contributed by atoms with Crippen LogP contribution in [0, 0.1) is 6.92 Å². The van der Waals surface area contributed by atoms with Crippen molar-refractivity contribution in [3.8, 4) is 0 Å². The van der Waals surface area contributed by atoms with Crippen LogP contribution in [0.3, 0.4) is 0 Å². The number of nitrogens with two attached hydrogens (primary N) is 1. The molecule has 0 unspecified atom stereocenters. The van der Waals surface area contributed by atoms with Crippen molar-refractivity contribution < 1.29 is 4.79 Å². The molecule has 0 saturated heterocycles. The summed E-state index contributed by atoms with van der Waals surface area (Å²) < 4.78 is 0. The third-order valence-corrected chi connectivity index (χ3v) is 3.99. The Morgan fingerprint density at radius 1 is 1.45 bits per heavy atom. The van der Waals surface area contributed by atoms with Crippen LogP contribution < -0.4 is 11.1 Å². The fourth-order valence-electron chi connectivity index (χ4n) is 2.00. The predicted molar refractivity (Wildman–Crippen MR) is 84.0 cm³/mol. The number of nitrogens with one attached hydrogen (secondary N) is 1. The molecule has 3 N–H and O–H groups in total. The van der Waals surface area contributed by atoms with E-state index in [1.54, 1.807) is 0 Å². The lowest BCUT2D eigenvalue weighted by molar-refractivity contribution is -0.116. The lowest BCUT2D eigenvalue weighted by Crippen LogP contribution is -2.12. The van der Waals surface area contributed by atoms with Crippen LogP contribution in [0.4, 0.5) is 10.8 Å². The Morgan fingerprint density at radius 3 is 2.90 bits per heavy atom. The standard InChI is InChI=1S/C15H19N3OS/c1-3-13-10(2)20-15(17-13)18-14(19)8-7-11-5-4-6-12(16)9-11/h4-6,9H,3,7-8,16H2,1-2H3,(H,17,18,19). The van der Waals surface area contributed by atoms with Gasteiger partial charge in [0.25, 0.3) is 0 Å². The minimum Gasteiger partial charge on any atom is -0.399 e. The summed E-state index contributed by atoms with van der Waals surface area (Å²) in [5.74, 6) is -0.0103. The highest BCUT2D eigenvalue weighted by Gasteiger charge is 2.09. The van der Waals surface area contributed by atoms with Crippen molar-refractivity contribution >= 4 is 28.1 Å². The van der Waals surface area contributed by atoms with E-state index in [4.69, 9.17) is 5.73 Å². The molecule has 0 aliphatic rings. The van der Waals surface area contributed by atoms with Gasteiger partial charge in [0.15, 0.2) is 5.13 Å². The van der Waals surface area contributed by atoms with Crippen molar-refractivity contribution in [2.45, 2.75) is 33.1 Å². The quantitative estimate of drug-likeness (QED) is 0.831. The molecule has 0 aliphatic carbocycles. The maximum atomic E-state index is 11.9. The summed E-state index contributed by atoms with van der Waals surface area (Å²) in [5.41, 5.74) is 8.57. The molecule has 2 rings (SSSR count). The average Bonchev–Trinajstić information content (AvgIpc) is 2.76. The van der Waals surface area contributed by atoms with Crippen LogP contribution in [0.15, 0.2) is 24.3 Å². The third kappa shape index (κ3) is 3.81. The van der Waals surface area contributed by atoms with Crippen molar-refractivity contribution in [1.29, 1.82) is 0 Å². The van der Waals surface area contributed by atoms with E-state index in [1.807, 2.05) is 31.2 Å². The van der Waals surface area contributed by atoms with Gasteiger partial charge < -0.3 is 11.1 Å². The molecule has 1 heterocycles. The summed E-state index contributed by atoms with van der Waals surface area (Å²) in [7, 11) is 0. The molecule has 1 aromatic heterocycles. The molecule has 0 radical (unpaired) electrons. The first-order valence-electron chi connectivity index (χ1n) is 6.69. The highest BCUT2D eigenvalue weighted by molar-refractivity contribution is 7.15. The largest absolute Gasteiger partial charge is 0.399 e. The maximum Gasteiger partial charge on any atom is 0.226 e. The van der Waals surface area contributed by atoms with Crippen LogP contribution in [0.2, 0.25) is 0 Å². The zero-order chi connectivity index (χ0) is 14.5. The number of hydrogen-bond donors (Lipinski definition) is 2. The van der Waals surface area contributed by atoms with Gasteiger partial charge in [-0.15, -0.1) is 11.3 Å². The second-order valence-electron chi connectivity index (χ2n) is 4.67. The number of hydrogen-bond acceptors (Lipinski definition) is 4. The predicted octanol–water partition coefficient (Wildman–Crippen LogP) is 3.17. The Hall–Kier alpha value is -1.88. The normalized spacial score (nSPS) is 10.5. The number of anilines is 2. The van der Waals surface area contributed by atoms with Gasteiger partial charge in [0.05, 0.1) is 5.69 Å². The van der Waals surface area contributed by atoms with E-state index in [-0.39, 0.29) is 5.91 Å². The molecule has 1 amide bonds. The molecule has 0 aliphatic heterocycles. The second kappa shape index (κ2) is 6.52. The van der Waals surface area contributed by atoms with E-state index in [9.17, 15) is 4.79 Å². The smallest absolute Gasteiger partial charge is 0.226 e. The van der Waals surface area contributed by atoms with Gasteiger partial charge in [0.1, 0.15) is 0 Å². The molecule has 2 aromatic rings. The molecule has 0 saturated carbocycles. The molecule has 0 fully saturated rings. The molecule has 106 valence electrons. The van der Waals surface area contributed by atoms with Crippen molar-refractivity contribution in [3.63, 3.8) is 0 Å². The number of nitrogens with zero attached hydrogens (tertiary/aromatic N) is 1. The highest BCUT2D eigenvalue weighted by Crippen LogP contribution is 2.22. The third-order valence-electron chi connectivity index (χ3n) is 3.07. The maximum absolute atomic E-state index is 11.9. The monoisotopic (exact) mass is 289 g/mol. The van der Waals surface area contributed by atoms with Gasteiger partial charge >= 0.3 is 0 Å². The number of aromatic nitrogens is 1. The number of nitrogen functional groups attached to an aromatic ring is 1. The number of carbonyl (C=O) groups is 1. The topological polar surface area (TPSA) is 68.0 Å². The van der Waals surface area contributed by atoms with Crippen LogP contribution in [-0.4, -0.2) is 10.9 Å². The molecule has 5 heteroatoms. The molecule has 0 spiro atoms. The van der Waals surface area contributed by atoms with Crippen LogP contribution >= 0.6 is 11.3 Å². The van der Waals surface area contributed by atoms with E-state index >= 15 is 0 Å². The summed E-state index contributed by atoms with van der Waals surface area (Å²) in [6, 6.07) is 7.62. The summed E-state index contributed by atoms with van der Waals surface area (Å²) in [6.07, 6.45) is 2.01. The molecule has 0 bridgehead atoms. The number of amides is 1. The van der Waals surface area contributed by atoms with Crippen molar-refractivity contribution in [3.05, 3.63) is 40.4 Å². The number of rotatable bonds is 5. The van der Waals surface area contributed by atoms with Crippen LogP contribution in [0.5, 0.6) is 0 Å². The average molecular weight is 289 g/mol. The molecule has 4 nitrogen and oxygen atoms in total. The zero-order valence-electron chi connectivity index (χ0n) is 11.8. The number of thiazole rings is 1. The van der Waals surface area contributed by atoms with Crippen molar-refractivity contribution in [2.24, 2.45) is 0 Å². The lowest BCUT2D eigenvalue weighted by atomic mass is 10.1. The Labute approximate surface area is 123 Å². The summed E-state index contributed by atoms with van der Waals surface area (Å²) >= 11 is 1.53. The first kappa shape index (κ1) is 14.5. The van der Waals surface area contributed by atoms with Crippen LogP contribution in [-0.2, 0) is 17.6 Å². The Bertz CT molecular complexity index is 607. The van der Waals surface area contributed by atoms with E-state index in [1.165, 1.54) is 16.2 Å². The minimum atomic E-state index is -0.0103. The summed E-state index contributed by atoms with van der Waals surface area (Å²) in [4.78, 5) is 17.5. The Balaban J connectivity index is 1.89. The first-order chi connectivity index (χ1) is 9.58. The fraction of sp³-hybridized carbons (Fsp3) is 0.333. The zero-order valence-corrected chi connectivity index (χ0v) is 12.6. The van der Waals surface area contributed by atoms with E-state index < -0.39 is 0 Å². The van der Waals surface area contributed by atoms with Gasteiger partial charge in [-0.25, -0.2) is 4.98 Å². The van der Waals surface area contributed by atoms with E-state index in [2.05, 4.69) is 17.2 Å². The number of carbonyl (C=O) groups excluding carboxylic acids is 1. The van der Waals surface area contributed by atoms with Crippen LogP contribution in [0.1, 0.15) is 29.5 Å². The molecular formula is C15H19N3OS. The van der Waals surface area contributed by atoms with Gasteiger partial charge in [-0.2, -0.15) is 0 Å². The summed E-state index contributed by atoms with van der Waals surface area (Å²) in [6.45, 7) is 4.09. The minimum absolute atomic E-state index is 0.0103. The fourth-order valence-corrected chi connectivity index (χ4v) is 2.92. The van der Waals surface area contributed by atoms with Crippen molar-refractivity contribution in [2.75, 3.05) is 11.1 Å². The number of benzene rings is 1. The second-order valence-corrected chi connectivity index (χ2v) is 5.87. The van der Waals surface area contributed by atoms with E-state index in [0.717, 1.165) is 23.4 Å². The lowest BCUT2D eigenvalue weighted by Gasteiger charge is -2.03. The molecular weight excluding hydrogens is 270 g/mol. The SMILES string of the molecule is CCc1nc(NC(=O)CCc2cccc(N)c2)sc1C. The highest BCUT2D eigenvalue weighted by atomic mass is 32.1. The Kier molecular flexibility index (Phi) is 4.74. The molecule has 20 heavy (non-hydrogen) atoms. The Morgan fingerprint density at radius 2 is 2.25 bits per heavy atom. The van der Waals surface area contributed by atoms with Gasteiger partial charge in [-0.05, 0) is 37.5 Å². The van der Waals surface area contributed by atoms with Gasteiger partial charge in [-0.1, -0.05) is 19.1 Å². The number of aryl methyl sites for hydroxylation is 3. The summed E-state index contributed by atoms with van der Waals surface area (Å²) in [5, 5.41) is 3.55. The first-order valence-corrected chi connectivity index (χ1v) is 7.50. The van der Waals surface area contributed by atoms with Gasteiger partial charge in [0.2, 0.25) is 5.91 Å². The van der Waals surface area contributed by atoms with Crippen LogP contribution in [0.25, 0.3) is 0 Å².